The maximum Gasteiger partial charge on any atom is 0.191 e. The Kier molecular flexibility index (Phi) is 5.36. The molecule has 27 heavy (non-hydrogen) atoms. The van der Waals surface area contributed by atoms with Gasteiger partial charge in [0, 0.05) is 28.8 Å². The molecule has 0 amide bonds. The Bertz CT molecular complexity index is 1040. The summed E-state index contributed by atoms with van der Waals surface area (Å²) in [7, 11) is 0. The van der Waals surface area contributed by atoms with Crippen LogP contribution in [0, 0.1) is 6.92 Å². The van der Waals surface area contributed by atoms with Gasteiger partial charge in [0.15, 0.2) is 11.0 Å². The number of thiazole rings is 1. The van der Waals surface area contributed by atoms with Gasteiger partial charge in [0.25, 0.3) is 0 Å². The van der Waals surface area contributed by atoms with Crippen molar-refractivity contribution in [1.82, 2.24) is 19.7 Å². The second-order valence-electron chi connectivity index (χ2n) is 6.16. The summed E-state index contributed by atoms with van der Waals surface area (Å²) < 4.78 is 2.16. The fourth-order valence-corrected chi connectivity index (χ4v) is 4.84. The highest BCUT2D eigenvalue weighted by atomic mass is 32.2. The maximum absolute atomic E-state index is 4.82. The van der Waals surface area contributed by atoms with Crippen LogP contribution in [0.1, 0.15) is 18.2 Å². The van der Waals surface area contributed by atoms with Crippen LogP contribution in [0.25, 0.3) is 22.0 Å². The van der Waals surface area contributed by atoms with Crippen LogP contribution in [0.4, 0.5) is 0 Å². The van der Waals surface area contributed by atoms with Crippen molar-refractivity contribution in [3.8, 4) is 22.0 Å². The summed E-state index contributed by atoms with van der Waals surface area (Å²) >= 11 is 3.38. The van der Waals surface area contributed by atoms with E-state index in [2.05, 4.69) is 70.4 Å². The monoisotopic (exact) mass is 392 g/mol. The number of hydrogen-bond acceptors (Lipinski definition) is 5. The van der Waals surface area contributed by atoms with Gasteiger partial charge >= 0.3 is 0 Å². The number of rotatable bonds is 6. The first-order valence-electron chi connectivity index (χ1n) is 8.88. The lowest BCUT2D eigenvalue weighted by Crippen LogP contribution is -1.99. The molecule has 0 bridgehead atoms. The van der Waals surface area contributed by atoms with E-state index in [4.69, 9.17) is 4.98 Å². The fraction of sp³-hybridized carbons (Fsp3) is 0.190. The van der Waals surface area contributed by atoms with Crippen molar-refractivity contribution in [2.24, 2.45) is 0 Å². The van der Waals surface area contributed by atoms with E-state index in [1.807, 2.05) is 18.2 Å². The van der Waals surface area contributed by atoms with Gasteiger partial charge in [0.1, 0.15) is 5.01 Å². The van der Waals surface area contributed by atoms with Gasteiger partial charge in [-0.3, -0.25) is 0 Å². The molecule has 0 aliphatic heterocycles. The summed E-state index contributed by atoms with van der Waals surface area (Å²) in [4.78, 5) is 4.82. The predicted molar refractivity (Wildman–Crippen MR) is 113 cm³/mol. The molecule has 0 unspecified atom stereocenters. The third-order valence-corrected chi connectivity index (χ3v) is 6.27. The molecule has 2 aromatic carbocycles. The Morgan fingerprint density at radius 2 is 1.78 bits per heavy atom. The molecule has 4 aromatic rings. The second kappa shape index (κ2) is 8.06. The molecule has 4 nitrogen and oxygen atoms in total. The highest BCUT2D eigenvalue weighted by Crippen LogP contribution is 2.30. The average molecular weight is 393 g/mol. The van der Waals surface area contributed by atoms with Gasteiger partial charge in [-0.1, -0.05) is 66.4 Å². The molecule has 4 rings (SSSR count). The van der Waals surface area contributed by atoms with E-state index in [1.54, 1.807) is 23.1 Å². The van der Waals surface area contributed by atoms with Crippen molar-refractivity contribution in [3.63, 3.8) is 0 Å². The van der Waals surface area contributed by atoms with Crippen LogP contribution in [-0.2, 0) is 12.3 Å². The van der Waals surface area contributed by atoms with E-state index < -0.39 is 0 Å². The lowest BCUT2D eigenvalue weighted by molar-refractivity contribution is 0.687. The van der Waals surface area contributed by atoms with Crippen molar-refractivity contribution in [2.45, 2.75) is 31.3 Å². The summed E-state index contributed by atoms with van der Waals surface area (Å²) in [5.41, 5.74) is 4.63. The van der Waals surface area contributed by atoms with E-state index in [9.17, 15) is 0 Å². The highest BCUT2D eigenvalue weighted by Gasteiger charge is 2.14. The van der Waals surface area contributed by atoms with E-state index in [1.165, 1.54) is 11.1 Å². The van der Waals surface area contributed by atoms with Crippen molar-refractivity contribution in [3.05, 3.63) is 71.2 Å². The first kappa shape index (κ1) is 17.9. The molecule has 0 N–H and O–H groups in total. The van der Waals surface area contributed by atoms with Crippen LogP contribution in [0.3, 0.4) is 0 Å². The Hall–Kier alpha value is -2.44. The molecule has 0 saturated carbocycles. The maximum atomic E-state index is 4.82. The standard InChI is InChI=1S/C21H20N4S2/c1-3-25-19(16-10-5-4-6-11-16)23-24-21(25)27-14-17-13-26-20(22-17)18-12-8-7-9-15(18)2/h4-13H,3,14H2,1-2H3. The molecule has 136 valence electrons. The van der Waals surface area contributed by atoms with Crippen LogP contribution >= 0.6 is 23.1 Å². The molecule has 2 heterocycles. The summed E-state index contributed by atoms with van der Waals surface area (Å²) in [6.07, 6.45) is 0. The molecule has 0 fully saturated rings. The molecular formula is C21H20N4S2. The molecule has 2 aromatic heterocycles. The third-order valence-electron chi connectivity index (χ3n) is 4.34. The summed E-state index contributed by atoms with van der Waals surface area (Å²) in [5.74, 6) is 1.70. The summed E-state index contributed by atoms with van der Waals surface area (Å²) in [5, 5.41) is 13.0. The quantitative estimate of drug-likeness (QED) is 0.395. The zero-order valence-corrected chi connectivity index (χ0v) is 16.9. The SMILES string of the molecule is CCn1c(SCc2csc(-c3ccccc3C)n2)nnc1-c1ccccc1. The zero-order valence-electron chi connectivity index (χ0n) is 15.3. The van der Waals surface area contributed by atoms with Gasteiger partial charge in [-0.25, -0.2) is 4.98 Å². The Morgan fingerprint density at radius 1 is 1.00 bits per heavy atom. The topological polar surface area (TPSA) is 43.6 Å². The molecule has 0 atom stereocenters. The molecule has 0 aliphatic carbocycles. The van der Waals surface area contributed by atoms with E-state index in [0.29, 0.717) is 0 Å². The first-order chi connectivity index (χ1) is 13.3. The fourth-order valence-electron chi connectivity index (χ4n) is 2.93. The number of thioether (sulfide) groups is 1. The van der Waals surface area contributed by atoms with Crippen molar-refractivity contribution in [1.29, 1.82) is 0 Å². The van der Waals surface area contributed by atoms with E-state index >= 15 is 0 Å². The predicted octanol–water partition coefficient (Wildman–Crippen LogP) is 5.69. The lowest BCUT2D eigenvalue weighted by atomic mass is 10.1. The van der Waals surface area contributed by atoms with Crippen LogP contribution in [0.5, 0.6) is 0 Å². The number of aromatic nitrogens is 4. The second-order valence-corrected chi connectivity index (χ2v) is 7.96. The molecule has 0 radical (unpaired) electrons. The van der Waals surface area contributed by atoms with Gasteiger partial charge in [-0.2, -0.15) is 0 Å². The Morgan fingerprint density at radius 3 is 2.56 bits per heavy atom. The minimum atomic E-state index is 0.787. The minimum Gasteiger partial charge on any atom is -0.302 e. The number of nitrogens with zero attached hydrogens (tertiary/aromatic N) is 4. The normalized spacial score (nSPS) is 11.0. The van der Waals surface area contributed by atoms with Crippen molar-refractivity contribution in [2.75, 3.05) is 0 Å². The van der Waals surface area contributed by atoms with E-state index in [-0.39, 0.29) is 0 Å². The van der Waals surface area contributed by atoms with Crippen LogP contribution in [0.15, 0.2) is 65.1 Å². The third kappa shape index (κ3) is 3.82. The number of benzene rings is 2. The first-order valence-corrected chi connectivity index (χ1v) is 10.7. The highest BCUT2D eigenvalue weighted by molar-refractivity contribution is 7.98. The van der Waals surface area contributed by atoms with Crippen LogP contribution < -0.4 is 0 Å². The van der Waals surface area contributed by atoms with E-state index in [0.717, 1.165) is 39.5 Å². The van der Waals surface area contributed by atoms with Crippen LogP contribution in [-0.4, -0.2) is 19.7 Å². The zero-order chi connectivity index (χ0) is 18.6. The van der Waals surface area contributed by atoms with Crippen LogP contribution in [0.2, 0.25) is 0 Å². The molecule has 0 saturated heterocycles. The van der Waals surface area contributed by atoms with Gasteiger partial charge in [-0.05, 0) is 19.4 Å². The van der Waals surface area contributed by atoms with Crippen molar-refractivity contribution < 1.29 is 0 Å². The minimum absolute atomic E-state index is 0.787. The van der Waals surface area contributed by atoms with Gasteiger partial charge in [0.2, 0.25) is 0 Å². The lowest BCUT2D eigenvalue weighted by Gasteiger charge is -2.06. The van der Waals surface area contributed by atoms with Gasteiger partial charge in [-0.15, -0.1) is 21.5 Å². The Balaban J connectivity index is 1.52. The summed E-state index contributed by atoms with van der Waals surface area (Å²) in [6, 6.07) is 18.6. The summed E-state index contributed by atoms with van der Waals surface area (Å²) in [6.45, 7) is 5.09. The number of hydrogen-bond donors (Lipinski definition) is 0. The van der Waals surface area contributed by atoms with Crippen molar-refractivity contribution >= 4 is 23.1 Å². The number of aryl methyl sites for hydroxylation is 1. The average Bonchev–Trinajstić information content (AvgIpc) is 3.34. The van der Waals surface area contributed by atoms with Gasteiger partial charge in [0.05, 0.1) is 5.69 Å². The Labute approximate surface area is 167 Å². The molecule has 0 spiro atoms. The molecular weight excluding hydrogens is 372 g/mol. The molecule has 0 aliphatic rings. The largest absolute Gasteiger partial charge is 0.302 e. The van der Waals surface area contributed by atoms with Gasteiger partial charge < -0.3 is 4.57 Å². The smallest absolute Gasteiger partial charge is 0.191 e. The molecule has 6 heteroatoms.